The average Bonchev–Trinajstić information content (AvgIpc) is 2.47. The second kappa shape index (κ2) is 5.86. The maximum atomic E-state index is 12.0. The van der Waals surface area contributed by atoms with Crippen LogP contribution in [-0.2, 0) is 10.0 Å². The van der Waals surface area contributed by atoms with Crippen molar-refractivity contribution in [3.63, 3.8) is 0 Å². The van der Waals surface area contributed by atoms with Gasteiger partial charge in [-0.15, -0.1) is 0 Å². The summed E-state index contributed by atoms with van der Waals surface area (Å²) in [4.78, 5) is 10.6. The van der Waals surface area contributed by atoms with Crippen molar-refractivity contribution < 1.29 is 13.3 Å². The van der Waals surface area contributed by atoms with E-state index in [1.165, 1.54) is 38.4 Å². The number of nitrogens with zero attached hydrogens (tertiary/aromatic N) is 2. The number of hydrogen-bond donors (Lipinski definition) is 0. The fourth-order valence-electron chi connectivity index (χ4n) is 2.05. The van der Waals surface area contributed by atoms with Crippen LogP contribution in [0.5, 0.6) is 0 Å². The first kappa shape index (κ1) is 16.1. The van der Waals surface area contributed by atoms with Crippen LogP contribution in [0.25, 0.3) is 11.1 Å². The first-order valence-corrected chi connectivity index (χ1v) is 7.95. The molecule has 0 spiro atoms. The topological polar surface area (TPSA) is 80.5 Å². The first-order chi connectivity index (χ1) is 10.2. The van der Waals surface area contributed by atoms with Gasteiger partial charge in [-0.25, -0.2) is 12.7 Å². The summed E-state index contributed by atoms with van der Waals surface area (Å²) in [7, 11) is -0.550. The smallest absolute Gasteiger partial charge is 0.258 e. The van der Waals surface area contributed by atoms with Gasteiger partial charge in [0.1, 0.15) is 0 Å². The Morgan fingerprint density at radius 1 is 1.05 bits per heavy atom. The Morgan fingerprint density at radius 2 is 1.64 bits per heavy atom. The monoisotopic (exact) mass is 320 g/mol. The van der Waals surface area contributed by atoms with Gasteiger partial charge in [0, 0.05) is 26.2 Å². The average molecular weight is 320 g/mol. The highest BCUT2D eigenvalue weighted by atomic mass is 32.2. The van der Waals surface area contributed by atoms with Crippen molar-refractivity contribution in [2.45, 2.75) is 11.8 Å². The highest BCUT2D eigenvalue weighted by Gasteiger charge is 2.17. The second-order valence-corrected chi connectivity index (χ2v) is 7.22. The van der Waals surface area contributed by atoms with Crippen molar-refractivity contribution in [3.8, 4) is 11.1 Å². The number of non-ortho nitro benzene ring substituents is 1. The highest BCUT2D eigenvalue weighted by Crippen LogP contribution is 2.28. The number of nitro groups is 1. The molecule has 0 aromatic heterocycles. The van der Waals surface area contributed by atoms with Gasteiger partial charge in [0.05, 0.1) is 9.82 Å². The van der Waals surface area contributed by atoms with Crippen molar-refractivity contribution in [2.75, 3.05) is 14.1 Å². The molecule has 0 heterocycles. The molecule has 0 aliphatic rings. The van der Waals surface area contributed by atoms with Gasteiger partial charge >= 0.3 is 0 Å². The number of sulfonamides is 1. The van der Waals surface area contributed by atoms with Crippen molar-refractivity contribution in [2.24, 2.45) is 0 Å². The minimum absolute atomic E-state index is 0.00518. The van der Waals surface area contributed by atoms with Crippen LogP contribution >= 0.6 is 0 Å². The van der Waals surface area contributed by atoms with Gasteiger partial charge in [0.25, 0.3) is 5.69 Å². The maximum absolute atomic E-state index is 12.0. The van der Waals surface area contributed by atoms with E-state index in [9.17, 15) is 18.5 Å². The van der Waals surface area contributed by atoms with E-state index in [-0.39, 0.29) is 10.6 Å². The van der Waals surface area contributed by atoms with Crippen molar-refractivity contribution in [3.05, 3.63) is 58.1 Å². The van der Waals surface area contributed by atoms with E-state index in [0.717, 1.165) is 15.4 Å². The lowest BCUT2D eigenvalue weighted by molar-refractivity contribution is -0.384. The lowest BCUT2D eigenvalue weighted by Crippen LogP contribution is -2.22. The fourth-order valence-corrected chi connectivity index (χ4v) is 2.95. The number of nitro benzene ring substituents is 1. The Morgan fingerprint density at radius 3 is 2.14 bits per heavy atom. The largest absolute Gasteiger partial charge is 0.270 e. The van der Waals surface area contributed by atoms with E-state index in [2.05, 4.69) is 0 Å². The van der Waals surface area contributed by atoms with E-state index in [0.29, 0.717) is 5.56 Å². The molecular formula is C15H16N2O4S. The molecule has 0 aliphatic carbocycles. The van der Waals surface area contributed by atoms with E-state index < -0.39 is 14.9 Å². The molecule has 6 nitrogen and oxygen atoms in total. The number of hydrogen-bond acceptors (Lipinski definition) is 4. The lowest BCUT2D eigenvalue weighted by Gasteiger charge is -2.12. The first-order valence-electron chi connectivity index (χ1n) is 6.51. The number of rotatable bonds is 4. The molecule has 0 radical (unpaired) electrons. The van der Waals surface area contributed by atoms with Crippen LogP contribution in [0.2, 0.25) is 0 Å². The van der Waals surface area contributed by atoms with E-state index in [4.69, 9.17) is 0 Å². The van der Waals surface area contributed by atoms with Gasteiger partial charge in [-0.2, -0.15) is 0 Å². The molecule has 0 bridgehead atoms. The maximum Gasteiger partial charge on any atom is 0.270 e. The fraction of sp³-hybridized carbons (Fsp3) is 0.200. The van der Waals surface area contributed by atoms with Crippen LogP contribution in [0.3, 0.4) is 0 Å². The summed E-state index contributed by atoms with van der Waals surface area (Å²) in [5.74, 6) is 0. The van der Waals surface area contributed by atoms with Gasteiger partial charge in [-0.1, -0.05) is 18.2 Å². The Balaban J connectivity index is 2.48. The summed E-state index contributed by atoms with van der Waals surface area (Å²) in [6.45, 7) is 1.85. The molecule has 0 fully saturated rings. The zero-order valence-corrected chi connectivity index (χ0v) is 13.3. The summed E-state index contributed by atoms with van der Waals surface area (Å²) in [5.41, 5.74) is 2.33. The summed E-state index contributed by atoms with van der Waals surface area (Å²) in [5, 5.41) is 10.9. The molecule has 0 atom stereocenters. The van der Waals surface area contributed by atoms with Crippen LogP contribution < -0.4 is 0 Å². The molecule has 0 saturated heterocycles. The van der Waals surface area contributed by atoms with Crippen molar-refractivity contribution in [1.29, 1.82) is 0 Å². The quantitative estimate of drug-likeness (QED) is 0.641. The lowest BCUT2D eigenvalue weighted by atomic mass is 10.00. The number of benzene rings is 2. The normalized spacial score (nSPS) is 11.6. The zero-order chi connectivity index (χ0) is 16.5. The van der Waals surface area contributed by atoms with E-state index in [1.807, 2.05) is 6.92 Å². The predicted molar refractivity (Wildman–Crippen MR) is 84.1 cm³/mol. The van der Waals surface area contributed by atoms with Crippen LogP contribution in [0.4, 0.5) is 5.69 Å². The van der Waals surface area contributed by atoms with E-state index in [1.54, 1.807) is 18.2 Å². The Bertz CT molecular complexity index is 812. The van der Waals surface area contributed by atoms with Gasteiger partial charge in [0.2, 0.25) is 10.0 Å². The Kier molecular flexibility index (Phi) is 4.30. The molecule has 0 aliphatic heterocycles. The summed E-state index contributed by atoms with van der Waals surface area (Å²) < 4.78 is 25.2. The van der Waals surface area contributed by atoms with Gasteiger partial charge in [0.15, 0.2) is 0 Å². The summed E-state index contributed by atoms with van der Waals surface area (Å²) in [6.07, 6.45) is 0. The molecule has 116 valence electrons. The molecule has 0 saturated carbocycles. The van der Waals surface area contributed by atoms with E-state index >= 15 is 0 Å². The van der Waals surface area contributed by atoms with Crippen LogP contribution in [0.1, 0.15) is 5.56 Å². The molecule has 0 amide bonds. The third kappa shape index (κ3) is 3.00. The molecule has 0 N–H and O–H groups in total. The second-order valence-electron chi connectivity index (χ2n) is 5.07. The third-order valence-electron chi connectivity index (χ3n) is 3.38. The molecule has 0 unspecified atom stereocenters. The minimum atomic E-state index is -3.48. The molecule has 7 heteroatoms. The van der Waals surface area contributed by atoms with Crippen LogP contribution in [0, 0.1) is 17.0 Å². The summed E-state index contributed by atoms with van der Waals surface area (Å²) in [6, 6.07) is 10.9. The predicted octanol–water partition coefficient (Wildman–Crippen LogP) is 2.82. The van der Waals surface area contributed by atoms with Crippen molar-refractivity contribution >= 4 is 15.7 Å². The minimum Gasteiger partial charge on any atom is -0.258 e. The van der Waals surface area contributed by atoms with Gasteiger partial charge in [-0.05, 0) is 35.7 Å². The third-order valence-corrected chi connectivity index (χ3v) is 5.21. The van der Waals surface area contributed by atoms with Crippen molar-refractivity contribution in [1.82, 2.24) is 4.31 Å². The standard InChI is InChI=1S/C15H16N2O4S/c1-11-4-7-13(17(18)19)10-15(11)12-5-8-14(9-6-12)22(20,21)16(2)3/h4-10H,1-3H3. The molecule has 22 heavy (non-hydrogen) atoms. The van der Waals surface area contributed by atoms with Gasteiger partial charge in [-0.3, -0.25) is 10.1 Å². The zero-order valence-electron chi connectivity index (χ0n) is 12.5. The molecule has 2 aromatic rings. The van der Waals surface area contributed by atoms with Crippen LogP contribution in [0.15, 0.2) is 47.4 Å². The van der Waals surface area contributed by atoms with Gasteiger partial charge < -0.3 is 0 Å². The molecule has 2 rings (SSSR count). The highest BCUT2D eigenvalue weighted by molar-refractivity contribution is 7.89. The number of aryl methyl sites for hydroxylation is 1. The Labute approximate surface area is 129 Å². The van der Waals surface area contributed by atoms with Crippen LogP contribution in [-0.4, -0.2) is 31.7 Å². The summed E-state index contributed by atoms with van der Waals surface area (Å²) >= 11 is 0. The molecular weight excluding hydrogens is 304 g/mol. The molecule has 2 aromatic carbocycles. The Hall–Kier alpha value is -2.25. The SMILES string of the molecule is Cc1ccc([N+](=O)[O-])cc1-c1ccc(S(=O)(=O)N(C)C)cc1.